The molecular weight excluding hydrogens is 256 g/mol. The Morgan fingerprint density at radius 1 is 0.850 bits per heavy atom. The molecule has 0 radical (unpaired) electrons. The first kappa shape index (κ1) is 10.8. The fourth-order valence-corrected chi connectivity index (χ4v) is 2.35. The van der Waals surface area contributed by atoms with Gasteiger partial charge in [-0.15, -0.1) is 0 Å². The number of carbonyl (C=O) groups is 1. The van der Waals surface area contributed by atoms with E-state index in [9.17, 15) is 4.79 Å². The standard InChI is InChI=1S/C13H8N6O/c14-11-9-12(19-13(15)18-11)17-7-5-3-1-2-4-6(5)10(20)8(7)16-9/h1-4H,(H4,14,15,17,18,19). The van der Waals surface area contributed by atoms with Gasteiger partial charge in [-0.25, -0.2) is 9.97 Å². The molecule has 3 aromatic rings. The summed E-state index contributed by atoms with van der Waals surface area (Å²) < 4.78 is 0. The largest absolute Gasteiger partial charge is 0.382 e. The molecule has 0 amide bonds. The molecule has 2 heterocycles. The molecule has 0 saturated carbocycles. The van der Waals surface area contributed by atoms with Crippen molar-refractivity contribution in [3.8, 4) is 11.3 Å². The van der Waals surface area contributed by atoms with Crippen LogP contribution >= 0.6 is 0 Å². The topological polar surface area (TPSA) is 121 Å². The molecule has 4 N–H and O–H groups in total. The number of nitrogen functional groups attached to an aromatic ring is 2. The number of aromatic nitrogens is 4. The zero-order chi connectivity index (χ0) is 13.9. The van der Waals surface area contributed by atoms with Crippen LogP contribution in [0.1, 0.15) is 16.1 Å². The third-order valence-electron chi connectivity index (χ3n) is 3.22. The van der Waals surface area contributed by atoms with Gasteiger partial charge < -0.3 is 11.5 Å². The van der Waals surface area contributed by atoms with Gasteiger partial charge in [-0.3, -0.25) is 4.79 Å². The molecular formula is C13H8N6O. The van der Waals surface area contributed by atoms with Crippen molar-refractivity contribution in [3.63, 3.8) is 0 Å². The number of rotatable bonds is 0. The van der Waals surface area contributed by atoms with Crippen molar-refractivity contribution in [2.75, 3.05) is 11.5 Å². The number of hydrogen-bond acceptors (Lipinski definition) is 7. The average Bonchev–Trinajstić information content (AvgIpc) is 2.71. The summed E-state index contributed by atoms with van der Waals surface area (Å²) in [5, 5.41) is 0. The lowest BCUT2D eigenvalue weighted by Crippen LogP contribution is -2.06. The van der Waals surface area contributed by atoms with E-state index in [-0.39, 0.29) is 23.2 Å². The first-order chi connectivity index (χ1) is 9.65. The smallest absolute Gasteiger partial charge is 0.224 e. The SMILES string of the molecule is Nc1nc(N)c2nc3c(nc2n1)-c1ccccc1C3=O. The van der Waals surface area contributed by atoms with E-state index in [4.69, 9.17) is 11.5 Å². The summed E-state index contributed by atoms with van der Waals surface area (Å²) in [4.78, 5) is 28.8. The summed E-state index contributed by atoms with van der Waals surface area (Å²) in [5.74, 6) is -0.0189. The van der Waals surface area contributed by atoms with Crippen LogP contribution in [0.5, 0.6) is 0 Å². The van der Waals surface area contributed by atoms with Gasteiger partial charge in [0.1, 0.15) is 11.4 Å². The Morgan fingerprint density at radius 2 is 1.60 bits per heavy atom. The van der Waals surface area contributed by atoms with Crippen molar-refractivity contribution in [2.45, 2.75) is 0 Å². The number of benzene rings is 1. The second-order valence-corrected chi connectivity index (χ2v) is 4.43. The molecule has 4 rings (SSSR count). The quantitative estimate of drug-likeness (QED) is 0.481. The van der Waals surface area contributed by atoms with Gasteiger partial charge in [-0.05, 0) is 0 Å². The Balaban J connectivity index is 2.13. The van der Waals surface area contributed by atoms with Gasteiger partial charge in [0.25, 0.3) is 0 Å². The summed E-state index contributed by atoms with van der Waals surface area (Å²) in [7, 11) is 0. The van der Waals surface area contributed by atoms with E-state index in [1.807, 2.05) is 12.1 Å². The van der Waals surface area contributed by atoms with Crippen molar-refractivity contribution in [3.05, 3.63) is 35.5 Å². The van der Waals surface area contributed by atoms with Gasteiger partial charge in [0.05, 0.1) is 0 Å². The second-order valence-electron chi connectivity index (χ2n) is 4.43. The molecule has 0 unspecified atom stereocenters. The van der Waals surface area contributed by atoms with E-state index in [0.29, 0.717) is 22.4 Å². The molecule has 0 spiro atoms. The van der Waals surface area contributed by atoms with E-state index < -0.39 is 0 Å². The molecule has 1 aliphatic carbocycles. The number of ketones is 1. The van der Waals surface area contributed by atoms with Crippen molar-refractivity contribution in [1.29, 1.82) is 0 Å². The maximum Gasteiger partial charge on any atom is 0.224 e. The normalized spacial score (nSPS) is 12.5. The number of carbonyl (C=O) groups excluding carboxylic acids is 1. The highest BCUT2D eigenvalue weighted by atomic mass is 16.1. The lowest BCUT2D eigenvalue weighted by molar-refractivity contribution is 0.103. The molecule has 1 aromatic carbocycles. The first-order valence-electron chi connectivity index (χ1n) is 5.90. The van der Waals surface area contributed by atoms with Crippen molar-refractivity contribution >= 4 is 28.7 Å². The van der Waals surface area contributed by atoms with Gasteiger partial charge >= 0.3 is 0 Å². The Bertz CT molecular complexity index is 905. The number of fused-ring (bicyclic) bond motifs is 4. The van der Waals surface area contributed by atoms with Crippen LogP contribution in [0.25, 0.3) is 22.4 Å². The third-order valence-corrected chi connectivity index (χ3v) is 3.22. The minimum Gasteiger partial charge on any atom is -0.382 e. The molecule has 0 atom stereocenters. The summed E-state index contributed by atoms with van der Waals surface area (Å²) in [6.45, 7) is 0. The Labute approximate surface area is 112 Å². The van der Waals surface area contributed by atoms with E-state index in [1.54, 1.807) is 12.1 Å². The number of anilines is 2. The van der Waals surface area contributed by atoms with Crippen LogP contribution in [-0.2, 0) is 0 Å². The second kappa shape index (κ2) is 3.47. The fraction of sp³-hybridized carbons (Fsp3) is 0. The minimum absolute atomic E-state index is 0.0295. The Hall–Kier alpha value is -3.09. The summed E-state index contributed by atoms with van der Waals surface area (Å²) in [5.41, 5.74) is 14.0. The van der Waals surface area contributed by atoms with Crippen molar-refractivity contribution in [2.24, 2.45) is 0 Å². The number of nitrogens with two attached hydrogens (primary N) is 2. The third kappa shape index (κ3) is 1.26. The molecule has 0 saturated heterocycles. The van der Waals surface area contributed by atoms with Crippen molar-refractivity contribution < 1.29 is 4.79 Å². The highest BCUT2D eigenvalue weighted by molar-refractivity contribution is 6.20. The van der Waals surface area contributed by atoms with Gasteiger partial charge in [-0.1, -0.05) is 24.3 Å². The van der Waals surface area contributed by atoms with Crippen LogP contribution in [0.3, 0.4) is 0 Å². The zero-order valence-corrected chi connectivity index (χ0v) is 10.2. The monoisotopic (exact) mass is 264 g/mol. The van der Waals surface area contributed by atoms with Crippen LogP contribution in [-0.4, -0.2) is 25.7 Å². The Morgan fingerprint density at radius 3 is 2.40 bits per heavy atom. The molecule has 0 fully saturated rings. The van der Waals surface area contributed by atoms with Crippen LogP contribution < -0.4 is 11.5 Å². The van der Waals surface area contributed by atoms with Gasteiger partial charge in [-0.2, -0.15) is 9.97 Å². The maximum absolute atomic E-state index is 12.3. The lowest BCUT2D eigenvalue weighted by atomic mass is 10.1. The molecule has 0 aliphatic heterocycles. The van der Waals surface area contributed by atoms with Crippen molar-refractivity contribution in [1.82, 2.24) is 19.9 Å². The average molecular weight is 264 g/mol. The minimum atomic E-state index is -0.166. The van der Waals surface area contributed by atoms with E-state index in [2.05, 4.69) is 19.9 Å². The van der Waals surface area contributed by atoms with Crippen LogP contribution in [0.4, 0.5) is 11.8 Å². The Kier molecular flexibility index (Phi) is 1.88. The highest BCUT2D eigenvalue weighted by Gasteiger charge is 2.30. The van der Waals surface area contributed by atoms with E-state index in [1.165, 1.54) is 0 Å². The molecule has 96 valence electrons. The molecule has 0 bridgehead atoms. The van der Waals surface area contributed by atoms with Gasteiger partial charge in [0, 0.05) is 11.1 Å². The van der Waals surface area contributed by atoms with Crippen LogP contribution in [0.2, 0.25) is 0 Å². The van der Waals surface area contributed by atoms with Crippen LogP contribution in [0.15, 0.2) is 24.3 Å². The molecule has 2 aromatic heterocycles. The predicted octanol–water partition coefficient (Wildman–Crippen LogP) is 0.796. The summed E-state index contributed by atoms with van der Waals surface area (Å²) >= 11 is 0. The summed E-state index contributed by atoms with van der Waals surface area (Å²) in [6, 6.07) is 7.22. The molecule has 7 nitrogen and oxygen atoms in total. The summed E-state index contributed by atoms with van der Waals surface area (Å²) in [6.07, 6.45) is 0. The fourth-order valence-electron chi connectivity index (χ4n) is 2.35. The van der Waals surface area contributed by atoms with E-state index in [0.717, 1.165) is 5.56 Å². The molecule has 7 heteroatoms. The number of nitrogens with zero attached hydrogens (tertiary/aromatic N) is 4. The highest BCUT2D eigenvalue weighted by Crippen LogP contribution is 2.35. The van der Waals surface area contributed by atoms with E-state index >= 15 is 0 Å². The molecule has 20 heavy (non-hydrogen) atoms. The number of hydrogen-bond donors (Lipinski definition) is 2. The maximum atomic E-state index is 12.3. The first-order valence-corrected chi connectivity index (χ1v) is 5.90. The molecule has 1 aliphatic rings. The lowest BCUT2D eigenvalue weighted by Gasteiger charge is -2.03. The van der Waals surface area contributed by atoms with Gasteiger partial charge in [0.2, 0.25) is 11.7 Å². The van der Waals surface area contributed by atoms with Crippen LogP contribution in [0, 0.1) is 0 Å². The predicted molar refractivity (Wildman–Crippen MR) is 72.8 cm³/mol. The zero-order valence-electron chi connectivity index (χ0n) is 10.2. The van der Waals surface area contributed by atoms with Gasteiger partial charge in [0.15, 0.2) is 17.0 Å².